The lowest BCUT2D eigenvalue weighted by Gasteiger charge is -2.16. The number of hydrogen-bond donors (Lipinski definition) is 1. The van der Waals surface area contributed by atoms with Gasteiger partial charge in [0.1, 0.15) is 5.92 Å². The highest BCUT2D eigenvalue weighted by molar-refractivity contribution is 6.01. The van der Waals surface area contributed by atoms with Gasteiger partial charge in [-0.2, -0.15) is 0 Å². The van der Waals surface area contributed by atoms with Crippen molar-refractivity contribution in [3.05, 3.63) is 24.0 Å². The SMILES string of the molecule is C=N/C=C(\C=C/C)N1CCC(C(N)=O)C1=O.[HH]. The van der Waals surface area contributed by atoms with Crippen molar-refractivity contribution in [1.82, 2.24) is 4.90 Å². The van der Waals surface area contributed by atoms with E-state index in [1.807, 2.05) is 6.92 Å². The van der Waals surface area contributed by atoms with Gasteiger partial charge in [0.25, 0.3) is 0 Å². The Morgan fingerprint density at radius 1 is 1.75 bits per heavy atom. The molecule has 0 radical (unpaired) electrons. The first-order valence-electron chi connectivity index (χ1n) is 5.01. The van der Waals surface area contributed by atoms with Crippen LogP contribution in [-0.2, 0) is 9.59 Å². The van der Waals surface area contributed by atoms with E-state index in [2.05, 4.69) is 11.7 Å². The van der Waals surface area contributed by atoms with Gasteiger partial charge in [0.15, 0.2) is 0 Å². The smallest absolute Gasteiger partial charge is 0.239 e. The second kappa shape index (κ2) is 5.25. The molecule has 1 aliphatic rings. The first-order valence-corrected chi connectivity index (χ1v) is 5.01. The standard InChI is InChI=1S/C11H15N3O2.H2/c1-3-4-8(7-13-2)14-6-5-9(10(12)15)11(14)16;/h3-4,7,9H,2,5-6H2,1H3,(H2,12,15);1H/b4-3-,8-7+;. The lowest BCUT2D eigenvalue weighted by Crippen LogP contribution is -2.32. The first-order chi connectivity index (χ1) is 7.61. The fraction of sp³-hybridized carbons (Fsp3) is 0.364. The summed E-state index contributed by atoms with van der Waals surface area (Å²) in [6, 6.07) is 0. The molecule has 0 bridgehead atoms. The first kappa shape index (κ1) is 12.2. The monoisotopic (exact) mass is 223 g/mol. The van der Waals surface area contributed by atoms with Gasteiger partial charge in [-0.3, -0.25) is 14.6 Å². The normalized spacial score (nSPS) is 21.8. The number of aliphatic imine (C=N–C) groups is 1. The summed E-state index contributed by atoms with van der Waals surface area (Å²) in [4.78, 5) is 28.0. The fourth-order valence-corrected chi connectivity index (χ4v) is 1.67. The number of hydrogen-bond acceptors (Lipinski definition) is 3. The molecule has 2 N–H and O–H groups in total. The molecule has 0 aromatic rings. The molecule has 0 aromatic carbocycles. The van der Waals surface area contributed by atoms with E-state index >= 15 is 0 Å². The molecular weight excluding hydrogens is 206 g/mol. The van der Waals surface area contributed by atoms with Gasteiger partial charge in [-0.1, -0.05) is 6.08 Å². The zero-order valence-corrected chi connectivity index (χ0v) is 9.22. The molecule has 0 aromatic heterocycles. The second-order valence-electron chi connectivity index (χ2n) is 3.47. The Morgan fingerprint density at radius 3 is 2.88 bits per heavy atom. The van der Waals surface area contributed by atoms with Crippen molar-refractivity contribution in [3.63, 3.8) is 0 Å². The van der Waals surface area contributed by atoms with E-state index in [4.69, 9.17) is 5.73 Å². The van der Waals surface area contributed by atoms with Crippen molar-refractivity contribution in [2.75, 3.05) is 6.54 Å². The summed E-state index contributed by atoms with van der Waals surface area (Å²) < 4.78 is 0. The summed E-state index contributed by atoms with van der Waals surface area (Å²) in [6.07, 6.45) is 5.49. The topological polar surface area (TPSA) is 75.8 Å². The fourth-order valence-electron chi connectivity index (χ4n) is 1.67. The molecule has 5 nitrogen and oxygen atoms in total. The average Bonchev–Trinajstić information content (AvgIpc) is 2.60. The maximum absolute atomic E-state index is 11.8. The van der Waals surface area contributed by atoms with Gasteiger partial charge in [-0.15, -0.1) is 0 Å². The van der Waals surface area contributed by atoms with Crippen LogP contribution in [-0.4, -0.2) is 30.0 Å². The van der Waals surface area contributed by atoms with Crippen LogP contribution in [0.5, 0.6) is 0 Å². The predicted octanol–water partition coefficient (Wildman–Crippen LogP) is 0.684. The molecule has 1 fully saturated rings. The Balaban J connectivity index is 0.00000256. The quantitative estimate of drug-likeness (QED) is 0.432. The molecule has 88 valence electrons. The number of carbonyl (C=O) groups excluding carboxylic acids is 2. The third-order valence-corrected chi connectivity index (χ3v) is 2.42. The lowest BCUT2D eigenvalue weighted by molar-refractivity contribution is -0.135. The highest BCUT2D eigenvalue weighted by atomic mass is 16.2. The van der Waals surface area contributed by atoms with Crippen LogP contribution in [0.15, 0.2) is 29.0 Å². The summed E-state index contributed by atoms with van der Waals surface area (Å²) in [5, 5.41) is 0. The number of carbonyl (C=O) groups is 2. The van der Waals surface area contributed by atoms with E-state index < -0.39 is 11.8 Å². The molecule has 1 rings (SSSR count). The van der Waals surface area contributed by atoms with E-state index in [0.717, 1.165) is 0 Å². The second-order valence-corrected chi connectivity index (χ2v) is 3.47. The van der Waals surface area contributed by atoms with Crippen LogP contribution in [0.25, 0.3) is 0 Å². The third kappa shape index (κ3) is 2.36. The molecule has 0 spiro atoms. The molecule has 2 amide bonds. The van der Waals surface area contributed by atoms with E-state index in [-0.39, 0.29) is 7.33 Å². The number of allylic oxidation sites excluding steroid dienone is 2. The minimum absolute atomic E-state index is 0. The van der Waals surface area contributed by atoms with E-state index in [1.54, 1.807) is 12.2 Å². The molecular formula is C11H17N3O2. The van der Waals surface area contributed by atoms with Crippen molar-refractivity contribution < 1.29 is 11.0 Å². The van der Waals surface area contributed by atoms with Gasteiger partial charge in [0, 0.05) is 14.2 Å². The molecule has 1 saturated heterocycles. The van der Waals surface area contributed by atoms with E-state index in [1.165, 1.54) is 11.1 Å². The van der Waals surface area contributed by atoms with Gasteiger partial charge >= 0.3 is 0 Å². The van der Waals surface area contributed by atoms with Crippen LogP contribution in [0.1, 0.15) is 14.8 Å². The summed E-state index contributed by atoms with van der Waals surface area (Å²) in [7, 11) is 0. The summed E-state index contributed by atoms with van der Waals surface area (Å²) >= 11 is 0. The molecule has 0 saturated carbocycles. The Morgan fingerprint density at radius 2 is 2.44 bits per heavy atom. The lowest BCUT2D eigenvalue weighted by atomic mass is 10.1. The van der Waals surface area contributed by atoms with Crippen molar-refractivity contribution >= 4 is 18.5 Å². The van der Waals surface area contributed by atoms with Gasteiger partial charge < -0.3 is 10.6 Å². The largest absolute Gasteiger partial charge is 0.369 e. The molecule has 1 aliphatic heterocycles. The zero-order valence-electron chi connectivity index (χ0n) is 9.22. The third-order valence-electron chi connectivity index (χ3n) is 2.42. The van der Waals surface area contributed by atoms with Gasteiger partial charge in [0.05, 0.1) is 5.70 Å². The Kier molecular flexibility index (Phi) is 3.99. The van der Waals surface area contributed by atoms with Crippen LogP contribution in [0, 0.1) is 5.92 Å². The van der Waals surface area contributed by atoms with Crippen molar-refractivity contribution in [1.29, 1.82) is 0 Å². The number of nitrogens with zero attached hydrogens (tertiary/aromatic N) is 2. The minimum atomic E-state index is -0.710. The van der Waals surface area contributed by atoms with E-state index in [9.17, 15) is 9.59 Å². The predicted molar refractivity (Wildman–Crippen MR) is 63.6 cm³/mol. The molecule has 1 heterocycles. The van der Waals surface area contributed by atoms with Crippen LogP contribution in [0.3, 0.4) is 0 Å². The summed E-state index contributed by atoms with van der Waals surface area (Å²) in [5.74, 6) is -1.54. The van der Waals surface area contributed by atoms with Crippen molar-refractivity contribution in [3.8, 4) is 0 Å². The molecule has 0 aliphatic carbocycles. The Labute approximate surface area is 95.8 Å². The number of primary amides is 1. The van der Waals surface area contributed by atoms with Crippen LogP contribution < -0.4 is 5.73 Å². The van der Waals surface area contributed by atoms with Gasteiger partial charge in [-0.25, -0.2) is 0 Å². The Bertz CT molecular complexity index is 377. The number of likely N-dealkylation sites (tertiary alicyclic amines) is 1. The maximum Gasteiger partial charge on any atom is 0.239 e. The van der Waals surface area contributed by atoms with Crippen LogP contribution in [0.4, 0.5) is 0 Å². The Hall–Kier alpha value is -1.91. The van der Waals surface area contributed by atoms with Crippen molar-refractivity contribution in [2.45, 2.75) is 13.3 Å². The minimum Gasteiger partial charge on any atom is -0.369 e. The van der Waals surface area contributed by atoms with Crippen LogP contribution in [0.2, 0.25) is 0 Å². The zero-order chi connectivity index (χ0) is 12.1. The number of rotatable bonds is 4. The van der Waals surface area contributed by atoms with Gasteiger partial charge in [-0.05, 0) is 26.1 Å². The van der Waals surface area contributed by atoms with E-state index in [0.29, 0.717) is 18.7 Å². The molecule has 1 atom stereocenters. The molecule has 5 heteroatoms. The summed E-state index contributed by atoms with van der Waals surface area (Å²) in [6.45, 7) is 5.66. The average molecular weight is 223 g/mol. The van der Waals surface area contributed by atoms with Crippen molar-refractivity contribution in [2.24, 2.45) is 16.6 Å². The maximum atomic E-state index is 11.8. The highest BCUT2D eigenvalue weighted by Gasteiger charge is 2.36. The van der Waals surface area contributed by atoms with Crippen LogP contribution >= 0.6 is 0 Å². The summed E-state index contributed by atoms with van der Waals surface area (Å²) in [5.41, 5.74) is 5.77. The number of nitrogens with two attached hydrogens (primary N) is 1. The molecule has 1 unspecified atom stereocenters. The van der Waals surface area contributed by atoms with Gasteiger partial charge in [0.2, 0.25) is 11.8 Å². The molecule has 16 heavy (non-hydrogen) atoms. The highest BCUT2D eigenvalue weighted by Crippen LogP contribution is 2.22. The number of amides is 2.